The lowest BCUT2D eigenvalue weighted by Crippen LogP contribution is -2.52. The number of hydrogen-bond donors (Lipinski definition) is 0. The highest BCUT2D eigenvalue weighted by molar-refractivity contribution is 6.74. The monoisotopic (exact) mass is 597 g/mol. The van der Waals surface area contributed by atoms with Gasteiger partial charge in [-0.1, -0.05) is 38.4 Å². The fourth-order valence-corrected chi connectivity index (χ4v) is 8.09. The first-order valence-electron chi connectivity index (χ1n) is 14.9. The highest BCUT2D eigenvalue weighted by Crippen LogP contribution is 2.47. The van der Waals surface area contributed by atoms with Crippen molar-refractivity contribution in [3.8, 4) is 5.75 Å². The van der Waals surface area contributed by atoms with E-state index in [4.69, 9.17) is 25.5 Å². The van der Waals surface area contributed by atoms with Crippen molar-refractivity contribution in [2.24, 2.45) is 11.8 Å². The number of methoxy groups -OCH3 is 1. The third-order valence-electron chi connectivity index (χ3n) is 10.2. The zero-order valence-corrected chi connectivity index (χ0v) is 27.1. The largest absolute Gasteiger partial charge is 0.490 e. The summed E-state index contributed by atoms with van der Waals surface area (Å²) in [6, 6.07) is 11.8. The molecular weight excluding hydrogens is 554 g/mol. The van der Waals surface area contributed by atoms with Crippen LogP contribution in [0.25, 0.3) is 0 Å². The van der Waals surface area contributed by atoms with E-state index >= 15 is 0 Å². The van der Waals surface area contributed by atoms with Crippen molar-refractivity contribution in [1.82, 2.24) is 0 Å². The number of carbonyl (C=O) groups is 2. The zero-order chi connectivity index (χ0) is 29.6. The summed E-state index contributed by atoms with van der Waals surface area (Å²) >= 11 is 6.40. The van der Waals surface area contributed by atoms with Crippen molar-refractivity contribution in [2.75, 3.05) is 31.7 Å². The van der Waals surface area contributed by atoms with Gasteiger partial charge in [0.15, 0.2) is 8.32 Å². The molecule has 8 heteroatoms. The summed E-state index contributed by atoms with van der Waals surface area (Å²) in [6.07, 6.45) is 5.74. The van der Waals surface area contributed by atoms with E-state index in [2.05, 4.69) is 50.9 Å². The van der Waals surface area contributed by atoms with Gasteiger partial charge in [-0.15, -0.1) is 0 Å². The SMILES string of the molecule is COC(=O)c1ccc2c(c1)N(C[C@@H]1CC[C@H]1[C@H](C=O)O[Si](C)(C)C(C)(C)C)C[C@@]1(CCCc3cc(Cl)ccc31)CO2. The number of halogens is 1. The third kappa shape index (κ3) is 5.82. The first-order chi connectivity index (χ1) is 19.4. The lowest BCUT2D eigenvalue weighted by molar-refractivity contribution is -0.119. The molecule has 0 radical (unpaired) electrons. The number of anilines is 1. The van der Waals surface area contributed by atoms with E-state index in [1.54, 1.807) is 6.07 Å². The Morgan fingerprint density at radius 3 is 2.66 bits per heavy atom. The minimum atomic E-state index is -2.11. The fourth-order valence-electron chi connectivity index (χ4n) is 6.63. The van der Waals surface area contributed by atoms with Crippen molar-refractivity contribution in [1.29, 1.82) is 0 Å². The van der Waals surface area contributed by atoms with Crippen molar-refractivity contribution >= 4 is 37.9 Å². The predicted octanol–water partition coefficient (Wildman–Crippen LogP) is 7.22. The molecule has 3 aliphatic rings. The molecule has 1 heterocycles. The van der Waals surface area contributed by atoms with Crippen molar-refractivity contribution in [3.63, 3.8) is 0 Å². The Balaban J connectivity index is 1.49. The number of aldehydes is 1. The number of hydrogen-bond acceptors (Lipinski definition) is 6. The first kappa shape index (κ1) is 30.1. The minimum absolute atomic E-state index is 0.0303. The number of ether oxygens (including phenoxy) is 2. The Bertz CT molecular complexity index is 1310. The number of fused-ring (bicyclic) bond motifs is 3. The van der Waals surface area contributed by atoms with Crippen LogP contribution in [0.2, 0.25) is 23.2 Å². The van der Waals surface area contributed by atoms with Gasteiger partial charge in [-0.05, 0) is 104 Å². The molecule has 0 aromatic heterocycles. The topological polar surface area (TPSA) is 65.1 Å². The first-order valence-corrected chi connectivity index (χ1v) is 18.2. The van der Waals surface area contributed by atoms with Crippen molar-refractivity contribution < 1.29 is 23.5 Å². The Morgan fingerprint density at radius 1 is 1.22 bits per heavy atom. The summed E-state index contributed by atoms with van der Waals surface area (Å²) in [7, 11) is -0.704. The minimum Gasteiger partial charge on any atom is -0.490 e. The highest BCUT2D eigenvalue weighted by Gasteiger charge is 2.47. The second-order valence-electron chi connectivity index (χ2n) is 13.8. The molecule has 2 aromatic rings. The Hall–Kier alpha value is -2.35. The van der Waals surface area contributed by atoms with Gasteiger partial charge in [-0.25, -0.2) is 4.79 Å². The molecule has 0 amide bonds. The summed E-state index contributed by atoms with van der Waals surface area (Å²) < 4.78 is 18.3. The van der Waals surface area contributed by atoms with Crippen LogP contribution in [-0.4, -0.2) is 53.5 Å². The van der Waals surface area contributed by atoms with Gasteiger partial charge in [0, 0.05) is 23.5 Å². The summed E-state index contributed by atoms with van der Waals surface area (Å²) in [5, 5.41) is 0.792. The smallest absolute Gasteiger partial charge is 0.337 e. The number of rotatable bonds is 7. The van der Waals surface area contributed by atoms with Gasteiger partial charge in [0.05, 0.1) is 25.0 Å². The standard InChI is InChI=1S/C33H44ClNO5Si/c1-32(2,3)41(5,6)40-30(19-36)26-12-9-24(26)18-35-20-33(15-7-8-22-16-25(34)11-13-27(22)33)21-39-29-14-10-23(17-28(29)35)31(37)38-4/h10-11,13-14,16-17,19,24,26,30H,7-9,12,15,18,20-21H2,1-6H3/t24-,26+,30-,33-/m0/s1. The summed E-state index contributed by atoms with van der Waals surface area (Å²) in [5.41, 5.74) is 3.80. The number of benzene rings is 2. The van der Waals surface area contributed by atoms with E-state index in [9.17, 15) is 9.59 Å². The number of carbonyl (C=O) groups excluding carboxylic acids is 2. The van der Waals surface area contributed by atoms with E-state index in [1.807, 2.05) is 18.2 Å². The highest BCUT2D eigenvalue weighted by atomic mass is 35.5. The molecule has 4 atom stereocenters. The van der Waals surface area contributed by atoms with Crippen molar-refractivity contribution in [2.45, 2.75) is 82.5 Å². The maximum atomic E-state index is 12.5. The summed E-state index contributed by atoms with van der Waals surface area (Å²) in [5.74, 6) is 0.880. The van der Waals surface area contributed by atoms with Crippen LogP contribution in [0, 0.1) is 11.8 Å². The van der Waals surface area contributed by atoms with Gasteiger partial charge in [-0.3, -0.25) is 0 Å². The van der Waals surface area contributed by atoms with Crippen molar-refractivity contribution in [3.05, 3.63) is 58.1 Å². The van der Waals surface area contributed by atoms with Gasteiger partial charge in [0.1, 0.15) is 18.1 Å². The fraction of sp³-hybridized carbons (Fsp3) is 0.576. The molecule has 6 nitrogen and oxygen atoms in total. The normalized spacial score (nSPS) is 24.8. The van der Waals surface area contributed by atoms with Gasteiger partial charge in [-0.2, -0.15) is 0 Å². The van der Waals surface area contributed by atoms with E-state index in [1.165, 1.54) is 18.2 Å². The van der Waals surface area contributed by atoms with E-state index in [-0.39, 0.29) is 22.3 Å². The lowest BCUT2D eigenvalue weighted by atomic mass is 9.68. The average molecular weight is 598 g/mol. The van der Waals surface area contributed by atoms with Crippen LogP contribution >= 0.6 is 11.6 Å². The Morgan fingerprint density at radius 2 is 2.00 bits per heavy atom. The number of esters is 1. The molecule has 0 saturated heterocycles. The van der Waals surface area contributed by atoms with E-state index in [0.29, 0.717) is 18.1 Å². The van der Waals surface area contributed by atoms with Crippen LogP contribution in [0.5, 0.6) is 5.75 Å². The predicted molar refractivity (Wildman–Crippen MR) is 166 cm³/mol. The van der Waals surface area contributed by atoms with Crippen LogP contribution in [0.1, 0.15) is 67.9 Å². The second kappa shape index (κ2) is 11.4. The van der Waals surface area contributed by atoms with Crippen LogP contribution in [-0.2, 0) is 25.8 Å². The molecule has 0 N–H and O–H groups in total. The molecule has 1 spiro atoms. The third-order valence-corrected chi connectivity index (χ3v) is 14.9. The molecular formula is C33H44ClNO5Si. The summed E-state index contributed by atoms with van der Waals surface area (Å²) in [4.78, 5) is 27.3. The van der Waals surface area contributed by atoms with Gasteiger partial charge >= 0.3 is 5.97 Å². The number of nitrogens with zero attached hydrogens (tertiary/aromatic N) is 1. The van der Waals surface area contributed by atoms with Crippen LogP contribution in [0.15, 0.2) is 36.4 Å². The Kier molecular flexibility index (Phi) is 8.36. The van der Waals surface area contributed by atoms with Crippen LogP contribution in [0.4, 0.5) is 5.69 Å². The molecule has 2 aromatic carbocycles. The molecule has 222 valence electrons. The molecule has 1 fully saturated rings. The van der Waals surface area contributed by atoms with Gasteiger partial charge in [0.25, 0.3) is 0 Å². The second-order valence-corrected chi connectivity index (χ2v) is 19.0. The van der Waals surface area contributed by atoms with Crippen LogP contribution < -0.4 is 9.64 Å². The lowest BCUT2D eigenvalue weighted by Gasteiger charge is -2.47. The van der Waals surface area contributed by atoms with Gasteiger partial charge < -0.3 is 23.6 Å². The maximum absolute atomic E-state index is 12.5. The quantitative estimate of drug-likeness (QED) is 0.191. The molecule has 0 bridgehead atoms. The zero-order valence-electron chi connectivity index (χ0n) is 25.3. The van der Waals surface area contributed by atoms with Gasteiger partial charge in [0.2, 0.25) is 0 Å². The molecule has 1 saturated carbocycles. The van der Waals surface area contributed by atoms with E-state index in [0.717, 1.165) is 67.9 Å². The number of aryl methyl sites for hydroxylation is 1. The van der Waals surface area contributed by atoms with Crippen LogP contribution in [0.3, 0.4) is 0 Å². The molecule has 0 unspecified atom stereocenters. The molecule has 41 heavy (non-hydrogen) atoms. The summed E-state index contributed by atoms with van der Waals surface area (Å²) in [6.45, 7) is 13.1. The maximum Gasteiger partial charge on any atom is 0.337 e. The average Bonchev–Trinajstić information content (AvgIpc) is 3.06. The molecule has 2 aliphatic carbocycles. The Labute approximate surface area is 250 Å². The molecule has 1 aliphatic heterocycles. The van der Waals surface area contributed by atoms with E-state index < -0.39 is 14.4 Å². The molecule has 5 rings (SSSR count).